The highest BCUT2D eigenvalue weighted by Crippen LogP contribution is 2.61. The summed E-state index contributed by atoms with van der Waals surface area (Å²) in [4.78, 5) is 0. The number of fused-ring (bicyclic) bond motifs is 1. The molecule has 3 aromatic rings. The zero-order valence-electron chi connectivity index (χ0n) is 16.1. The molecule has 7 rings (SSSR count). The molecular formula is C26H26O2. The van der Waals surface area contributed by atoms with Gasteiger partial charge in [0.25, 0.3) is 0 Å². The first-order valence-corrected chi connectivity index (χ1v) is 10.7. The van der Waals surface area contributed by atoms with Crippen LogP contribution in [0.15, 0.2) is 54.6 Å². The maximum atomic E-state index is 10.6. The van der Waals surface area contributed by atoms with Crippen LogP contribution < -0.4 is 0 Å². The number of rotatable bonds is 2. The van der Waals surface area contributed by atoms with Gasteiger partial charge >= 0.3 is 0 Å². The highest BCUT2D eigenvalue weighted by atomic mass is 16.3. The van der Waals surface area contributed by atoms with Gasteiger partial charge in [-0.25, -0.2) is 0 Å². The molecule has 3 aromatic carbocycles. The van der Waals surface area contributed by atoms with Crippen LogP contribution in [-0.4, -0.2) is 10.2 Å². The predicted octanol–water partition coefficient (Wildman–Crippen LogP) is 6.39. The molecule has 0 heterocycles. The van der Waals surface area contributed by atoms with E-state index in [9.17, 15) is 10.2 Å². The van der Waals surface area contributed by atoms with Gasteiger partial charge in [0.05, 0.1) is 0 Å². The van der Waals surface area contributed by atoms with Gasteiger partial charge in [-0.05, 0) is 102 Å². The molecule has 142 valence electrons. The fourth-order valence-electron chi connectivity index (χ4n) is 6.99. The van der Waals surface area contributed by atoms with Gasteiger partial charge in [0.2, 0.25) is 0 Å². The Hall–Kier alpha value is -2.48. The van der Waals surface area contributed by atoms with Gasteiger partial charge in [0.1, 0.15) is 11.5 Å². The van der Waals surface area contributed by atoms with Crippen molar-refractivity contribution in [3.8, 4) is 22.6 Å². The van der Waals surface area contributed by atoms with Crippen LogP contribution in [0, 0.1) is 17.8 Å². The molecule has 28 heavy (non-hydrogen) atoms. The van der Waals surface area contributed by atoms with E-state index in [1.807, 2.05) is 30.3 Å². The molecule has 4 aliphatic carbocycles. The highest BCUT2D eigenvalue weighted by molar-refractivity contribution is 5.92. The quantitative estimate of drug-likeness (QED) is 0.549. The Kier molecular flexibility index (Phi) is 3.39. The molecule has 4 saturated carbocycles. The monoisotopic (exact) mass is 370 g/mol. The maximum absolute atomic E-state index is 10.6. The fourth-order valence-corrected chi connectivity index (χ4v) is 6.99. The Morgan fingerprint density at radius 3 is 2.14 bits per heavy atom. The average Bonchev–Trinajstić information content (AvgIpc) is 2.67. The van der Waals surface area contributed by atoms with Crippen LogP contribution in [-0.2, 0) is 5.41 Å². The molecule has 0 unspecified atom stereocenters. The molecule has 2 heteroatoms. The lowest BCUT2D eigenvalue weighted by Crippen LogP contribution is -2.48. The molecule has 4 aliphatic rings. The lowest BCUT2D eigenvalue weighted by molar-refractivity contribution is -0.00518. The van der Waals surface area contributed by atoms with Crippen LogP contribution in [0.3, 0.4) is 0 Å². The van der Waals surface area contributed by atoms with Crippen LogP contribution in [0.1, 0.15) is 44.1 Å². The van der Waals surface area contributed by atoms with Gasteiger partial charge < -0.3 is 10.2 Å². The molecule has 2 nitrogen and oxygen atoms in total. The summed E-state index contributed by atoms with van der Waals surface area (Å²) >= 11 is 0. The first-order chi connectivity index (χ1) is 13.6. The molecular weight excluding hydrogens is 344 g/mol. The number of hydrogen-bond acceptors (Lipinski definition) is 2. The lowest BCUT2D eigenvalue weighted by atomic mass is 9.48. The van der Waals surface area contributed by atoms with Crippen LogP contribution in [0.25, 0.3) is 21.9 Å². The first-order valence-electron chi connectivity index (χ1n) is 10.7. The van der Waals surface area contributed by atoms with E-state index in [2.05, 4.69) is 18.2 Å². The normalized spacial score (nSPS) is 30.8. The minimum atomic E-state index is 0.288. The van der Waals surface area contributed by atoms with Crippen LogP contribution in [0.2, 0.25) is 0 Å². The standard InChI is InChI=1S/C26H26O2/c27-24-3-1-2-19-4-5-20(11-22(19)24)23-12-21(6-7-25(23)28)26-13-16-8-17(14-26)10-18(9-16)15-26/h1-7,11-12,16-18,27-28H,8-10,13-15H2. The summed E-state index contributed by atoms with van der Waals surface area (Å²) < 4.78 is 0. The Labute approximate surface area is 165 Å². The van der Waals surface area contributed by atoms with Gasteiger partial charge in [-0.2, -0.15) is 0 Å². The van der Waals surface area contributed by atoms with E-state index in [1.165, 1.54) is 44.1 Å². The Bertz CT molecular complexity index is 1050. The average molecular weight is 370 g/mol. The van der Waals surface area contributed by atoms with Gasteiger partial charge in [-0.15, -0.1) is 0 Å². The SMILES string of the molecule is Oc1ccc(C23CC4CC(CC(C4)C2)C3)cc1-c1ccc2cccc(O)c2c1. The van der Waals surface area contributed by atoms with Crippen LogP contribution in [0.5, 0.6) is 11.5 Å². The minimum Gasteiger partial charge on any atom is -0.507 e. The summed E-state index contributed by atoms with van der Waals surface area (Å²) in [6.45, 7) is 0. The zero-order valence-corrected chi connectivity index (χ0v) is 16.1. The molecule has 0 aliphatic heterocycles. The molecule has 4 bridgehead atoms. The van der Waals surface area contributed by atoms with E-state index in [0.29, 0.717) is 11.2 Å². The molecule has 0 amide bonds. The third-order valence-corrected chi connectivity index (χ3v) is 7.82. The second kappa shape index (κ2) is 5.76. The van der Waals surface area contributed by atoms with E-state index >= 15 is 0 Å². The second-order valence-corrected chi connectivity index (χ2v) is 9.64. The molecule has 4 fully saturated rings. The topological polar surface area (TPSA) is 40.5 Å². The van der Waals surface area contributed by atoms with Gasteiger partial charge in [-0.1, -0.05) is 30.3 Å². The zero-order chi connectivity index (χ0) is 18.9. The summed E-state index contributed by atoms with van der Waals surface area (Å²) in [6.07, 6.45) is 8.28. The third kappa shape index (κ3) is 2.40. The Morgan fingerprint density at radius 1 is 0.714 bits per heavy atom. The predicted molar refractivity (Wildman–Crippen MR) is 113 cm³/mol. The summed E-state index contributed by atoms with van der Waals surface area (Å²) in [7, 11) is 0. The van der Waals surface area contributed by atoms with E-state index < -0.39 is 0 Å². The Morgan fingerprint density at radius 2 is 1.43 bits per heavy atom. The summed E-state index contributed by atoms with van der Waals surface area (Å²) in [5, 5.41) is 22.8. The van der Waals surface area contributed by atoms with Crippen molar-refractivity contribution < 1.29 is 10.2 Å². The summed E-state index contributed by atoms with van der Waals surface area (Å²) in [6, 6.07) is 18.0. The van der Waals surface area contributed by atoms with E-state index in [4.69, 9.17) is 0 Å². The van der Waals surface area contributed by atoms with Crippen molar-refractivity contribution in [2.75, 3.05) is 0 Å². The number of phenolic OH excluding ortho intramolecular Hbond substituents is 2. The molecule has 0 saturated heterocycles. The van der Waals surface area contributed by atoms with E-state index in [0.717, 1.165) is 39.7 Å². The van der Waals surface area contributed by atoms with Crippen molar-refractivity contribution in [2.24, 2.45) is 17.8 Å². The number of aromatic hydroxyl groups is 2. The first kappa shape index (κ1) is 16.5. The third-order valence-electron chi connectivity index (χ3n) is 7.82. The van der Waals surface area contributed by atoms with Gasteiger partial charge in [-0.3, -0.25) is 0 Å². The van der Waals surface area contributed by atoms with Crippen LogP contribution in [0.4, 0.5) is 0 Å². The number of benzene rings is 3. The smallest absolute Gasteiger partial charge is 0.123 e. The number of hydrogen-bond donors (Lipinski definition) is 2. The van der Waals surface area contributed by atoms with Crippen molar-refractivity contribution in [2.45, 2.75) is 43.9 Å². The molecule has 0 spiro atoms. The van der Waals surface area contributed by atoms with Crippen molar-refractivity contribution >= 4 is 10.8 Å². The summed E-state index contributed by atoms with van der Waals surface area (Å²) in [5.74, 6) is 3.32. The largest absolute Gasteiger partial charge is 0.507 e. The van der Waals surface area contributed by atoms with E-state index in [-0.39, 0.29) is 5.75 Å². The molecule has 2 N–H and O–H groups in total. The maximum Gasteiger partial charge on any atom is 0.123 e. The minimum absolute atomic E-state index is 0.288. The molecule has 0 atom stereocenters. The van der Waals surface area contributed by atoms with Crippen molar-refractivity contribution in [1.82, 2.24) is 0 Å². The lowest BCUT2D eigenvalue weighted by Gasteiger charge is -2.57. The van der Waals surface area contributed by atoms with Crippen molar-refractivity contribution in [3.05, 3.63) is 60.2 Å². The number of phenols is 2. The second-order valence-electron chi connectivity index (χ2n) is 9.64. The van der Waals surface area contributed by atoms with Crippen molar-refractivity contribution in [1.29, 1.82) is 0 Å². The highest BCUT2D eigenvalue weighted by Gasteiger charge is 2.51. The van der Waals surface area contributed by atoms with Gasteiger partial charge in [0.15, 0.2) is 0 Å². The fraction of sp³-hybridized carbons (Fsp3) is 0.385. The van der Waals surface area contributed by atoms with Crippen molar-refractivity contribution in [3.63, 3.8) is 0 Å². The van der Waals surface area contributed by atoms with E-state index in [1.54, 1.807) is 6.07 Å². The molecule has 0 radical (unpaired) electrons. The Balaban J connectivity index is 1.46. The van der Waals surface area contributed by atoms with Crippen LogP contribution >= 0.6 is 0 Å². The van der Waals surface area contributed by atoms with Gasteiger partial charge in [0, 0.05) is 10.9 Å². The summed E-state index contributed by atoms with van der Waals surface area (Å²) in [5.41, 5.74) is 3.59. The molecule has 0 aromatic heterocycles.